The number of ketones is 1. The van der Waals surface area contributed by atoms with E-state index >= 15 is 0 Å². The van der Waals surface area contributed by atoms with Gasteiger partial charge in [-0.05, 0) is 38.3 Å². The van der Waals surface area contributed by atoms with Crippen molar-refractivity contribution in [2.75, 3.05) is 13.1 Å². The zero-order valence-corrected chi connectivity index (χ0v) is 9.94. The first-order chi connectivity index (χ1) is 6.66. The second kappa shape index (κ2) is 9.20. The Labute approximate surface area is 88.5 Å². The molecule has 0 amide bonds. The number of carbonyl (C=O) groups is 1. The van der Waals surface area contributed by atoms with Crippen molar-refractivity contribution in [3.05, 3.63) is 0 Å². The van der Waals surface area contributed by atoms with Crippen LogP contribution in [0.1, 0.15) is 52.9 Å². The first kappa shape index (κ1) is 13.6. The van der Waals surface area contributed by atoms with Crippen LogP contribution in [0, 0.1) is 5.92 Å². The van der Waals surface area contributed by atoms with Gasteiger partial charge in [-0.2, -0.15) is 0 Å². The highest BCUT2D eigenvalue weighted by molar-refractivity contribution is 5.77. The molecule has 14 heavy (non-hydrogen) atoms. The fraction of sp³-hybridized carbons (Fsp3) is 0.917. The summed E-state index contributed by atoms with van der Waals surface area (Å²) in [6.07, 6.45) is 4.97. The molecule has 0 fully saturated rings. The van der Waals surface area contributed by atoms with Crippen LogP contribution in [0.15, 0.2) is 0 Å². The minimum absolute atomic E-state index is 0.383. The molecule has 0 bridgehead atoms. The number of nitrogens with one attached hydrogen (secondary N) is 1. The van der Waals surface area contributed by atoms with Crippen molar-refractivity contribution in [1.29, 1.82) is 0 Å². The van der Waals surface area contributed by atoms with Gasteiger partial charge in [-0.15, -0.1) is 0 Å². The fourth-order valence-corrected chi connectivity index (χ4v) is 1.35. The van der Waals surface area contributed by atoms with Gasteiger partial charge in [0, 0.05) is 12.8 Å². The molecule has 0 spiro atoms. The summed E-state index contributed by atoms with van der Waals surface area (Å²) in [4.78, 5) is 11.0. The first-order valence-electron chi connectivity index (χ1n) is 5.89. The third-order valence-corrected chi connectivity index (χ3v) is 2.34. The molecule has 0 aliphatic rings. The molecule has 2 nitrogen and oxygen atoms in total. The average molecular weight is 199 g/mol. The van der Waals surface area contributed by atoms with E-state index < -0.39 is 0 Å². The van der Waals surface area contributed by atoms with Crippen LogP contribution in [0.2, 0.25) is 0 Å². The van der Waals surface area contributed by atoms with Crippen molar-refractivity contribution < 1.29 is 4.79 Å². The standard InChI is InChI=1S/C12H25NO/c1-4-12(14)8-6-10-13-9-5-7-11(2)3/h11,13H,4-10H2,1-3H3. The zero-order chi connectivity index (χ0) is 10.8. The molecule has 0 unspecified atom stereocenters. The lowest BCUT2D eigenvalue weighted by Gasteiger charge is -2.05. The molecule has 0 aromatic rings. The number of rotatable bonds is 9. The van der Waals surface area contributed by atoms with E-state index in [1.54, 1.807) is 0 Å². The van der Waals surface area contributed by atoms with E-state index in [4.69, 9.17) is 0 Å². The summed E-state index contributed by atoms with van der Waals surface area (Å²) in [6.45, 7) is 8.51. The third kappa shape index (κ3) is 9.72. The van der Waals surface area contributed by atoms with Gasteiger partial charge in [0.1, 0.15) is 5.78 Å². The average Bonchev–Trinajstić information content (AvgIpc) is 2.15. The lowest BCUT2D eigenvalue weighted by atomic mass is 10.1. The van der Waals surface area contributed by atoms with Crippen LogP contribution in [0.4, 0.5) is 0 Å². The van der Waals surface area contributed by atoms with Crippen molar-refractivity contribution in [2.24, 2.45) is 5.92 Å². The summed E-state index contributed by atoms with van der Waals surface area (Å²) >= 11 is 0. The van der Waals surface area contributed by atoms with Crippen molar-refractivity contribution >= 4 is 5.78 Å². The Hall–Kier alpha value is -0.370. The summed E-state index contributed by atoms with van der Waals surface area (Å²) in [5.74, 6) is 1.19. The van der Waals surface area contributed by atoms with Gasteiger partial charge in [0.15, 0.2) is 0 Å². The number of hydrogen-bond donors (Lipinski definition) is 1. The molecule has 0 aliphatic carbocycles. The van der Waals surface area contributed by atoms with Crippen molar-refractivity contribution in [2.45, 2.75) is 52.9 Å². The van der Waals surface area contributed by atoms with Crippen LogP contribution >= 0.6 is 0 Å². The smallest absolute Gasteiger partial charge is 0.132 e. The van der Waals surface area contributed by atoms with Gasteiger partial charge in [0.05, 0.1) is 0 Å². The summed E-state index contributed by atoms with van der Waals surface area (Å²) < 4.78 is 0. The predicted molar refractivity (Wildman–Crippen MR) is 61.5 cm³/mol. The lowest BCUT2D eigenvalue weighted by molar-refractivity contribution is -0.118. The summed E-state index contributed by atoms with van der Waals surface area (Å²) in [7, 11) is 0. The largest absolute Gasteiger partial charge is 0.317 e. The normalized spacial score (nSPS) is 10.9. The highest BCUT2D eigenvalue weighted by Crippen LogP contribution is 2.01. The van der Waals surface area contributed by atoms with Gasteiger partial charge in [-0.3, -0.25) is 4.79 Å². The Morgan fingerprint density at radius 1 is 1.21 bits per heavy atom. The minimum atomic E-state index is 0.383. The van der Waals surface area contributed by atoms with E-state index in [-0.39, 0.29) is 0 Å². The summed E-state index contributed by atoms with van der Waals surface area (Å²) in [5, 5.41) is 3.37. The topological polar surface area (TPSA) is 29.1 Å². The molecule has 0 heterocycles. The van der Waals surface area contributed by atoms with Gasteiger partial charge in [0.2, 0.25) is 0 Å². The number of hydrogen-bond acceptors (Lipinski definition) is 2. The quantitative estimate of drug-likeness (QED) is 0.579. The zero-order valence-electron chi connectivity index (χ0n) is 9.94. The van der Waals surface area contributed by atoms with Gasteiger partial charge in [0.25, 0.3) is 0 Å². The van der Waals surface area contributed by atoms with Crippen molar-refractivity contribution in [3.8, 4) is 0 Å². The van der Waals surface area contributed by atoms with Crippen LogP contribution in [0.5, 0.6) is 0 Å². The minimum Gasteiger partial charge on any atom is -0.317 e. The van der Waals surface area contributed by atoms with Crippen LogP contribution < -0.4 is 5.32 Å². The molecule has 0 aliphatic heterocycles. The lowest BCUT2D eigenvalue weighted by Crippen LogP contribution is -2.17. The van der Waals surface area contributed by atoms with Crippen molar-refractivity contribution in [3.63, 3.8) is 0 Å². The van der Waals surface area contributed by atoms with E-state index in [2.05, 4.69) is 19.2 Å². The highest BCUT2D eigenvalue weighted by Gasteiger charge is 1.97. The maximum Gasteiger partial charge on any atom is 0.132 e. The Bertz CT molecular complexity index is 143. The van der Waals surface area contributed by atoms with E-state index in [1.807, 2.05) is 6.92 Å². The first-order valence-corrected chi connectivity index (χ1v) is 5.89. The maximum absolute atomic E-state index is 11.0. The second-order valence-electron chi connectivity index (χ2n) is 4.28. The molecule has 0 saturated heterocycles. The number of Topliss-reactive ketones (excluding diaryl/α,β-unsaturated/α-hetero) is 1. The van der Waals surface area contributed by atoms with Crippen LogP contribution in [-0.2, 0) is 4.79 Å². The molecule has 0 atom stereocenters. The van der Waals surface area contributed by atoms with Gasteiger partial charge >= 0.3 is 0 Å². The highest BCUT2D eigenvalue weighted by atomic mass is 16.1. The van der Waals surface area contributed by atoms with Crippen LogP contribution in [0.25, 0.3) is 0 Å². The van der Waals surface area contributed by atoms with Gasteiger partial charge in [-0.1, -0.05) is 20.8 Å². The molecule has 84 valence electrons. The second-order valence-corrected chi connectivity index (χ2v) is 4.28. The Balaban J connectivity index is 3.03. The fourth-order valence-electron chi connectivity index (χ4n) is 1.35. The Morgan fingerprint density at radius 2 is 1.86 bits per heavy atom. The molecule has 0 aromatic carbocycles. The maximum atomic E-state index is 11.0. The molecule has 0 aromatic heterocycles. The number of carbonyl (C=O) groups excluding carboxylic acids is 1. The Kier molecular flexibility index (Phi) is 8.95. The molecule has 0 saturated carbocycles. The van der Waals surface area contributed by atoms with Gasteiger partial charge < -0.3 is 5.32 Å². The summed E-state index contributed by atoms with van der Waals surface area (Å²) in [5.41, 5.74) is 0. The molecule has 0 rings (SSSR count). The molecular formula is C12H25NO. The molecule has 1 N–H and O–H groups in total. The van der Waals surface area contributed by atoms with E-state index in [9.17, 15) is 4.79 Å². The summed E-state index contributed by atoms with van der Waals surface area (Å²) in [6, 6.07) is 0. The SMILES string of the molecule is CCC(=O)CCCNCCCC(C)C. The van der Waals surface area contributed by atoms with Crippen molar-refractivity contribution in [1.82, 2.24) is 5.32 Å². The van der Waals surface area contributed by atoms with Gasteiger partial charge in [-0.25, -0.2) is 0 Å². The monoisotopic (exact) mass is 199 g/mol. The molecule has 0 radical (unpaired) electrons. The molecule has 2 heteroatoms. The Morgan fingerprint density at radius 3 is 2.43 bits per heavy atom. The van der Waals surface area contributed by atoms with Crippen LogP contribution in [-0.4, -0.2) is 18.9 Å². The van der Waals surface area contributed by atoms with Crippen LogP contribution in [0.3, 0.4) is 0 Å². The third-order valence-electron chi connectivity index (χ3n) is 2.34. The van der Waals surface area contributed by atoms with E-state index in [1.165, 1.54) is 12.8 Å². The van der Waals surface area contributed by atoms with E-state index in [0.29, 0.717) is 12.2 Å². The van der Waals surface area contributed by atoms with E-state index in [0.717, 1.165) is 31.8 Å². The predicted octanol–water partition coefficient (Wildman–Crippen LogP) is 2.77. The molecular weight excluding hydrogens is 174 g/mol.